The number of anilines is 6. The van der Waals surface area contributed by atoms with Gasteiger partial charge in [-0.05, 0) is 72.2 Å². The minimum atomic E-state index is 0. The number of rotatable bonds is 9. The van der Waals surface area contributed by atoms with E-state index in [1.54, 1.807) is 0 Å². The largest absolute Gasteiger partial charge is 2.00 e. The molecule has 0 spiro atoms. The third-order valence-corrected chi connectivity index (χ3v) is 11.6. The molecule has 7 aromatic carbocycles. The van der Waals surface area contributed by atoms with Crippen molar-refractivity contribution in [2.24, 2.45) is 0 Å². The molecule has 6 heteroatoms. The average molecular weight is 959 g/mol. The van der Waals surface area contributed by atoms with Crippen LogP contribution in [0.5, 0.6) is 0 Å². The summed E-state index contributed by atoms with van der Waals surface area (Å²) in [5.41, 5.74) is 14.1. The van der Waals surface area contributed by atoms with Gasteiger partial charge in [0.1, 0.15) is 5.82 Å². The summed E-state index contributed by atoms with van der Waals surface area (Å²) in [5.74, 6) is 1.25. The first kappa shape index (κ1) is 39.1. The van der Waals surface area contributed by atoms with E-state index in [0.29, 0.717) is 12.0 Å². The molecule has 1 aliphatic heterocycles. The molecule has 60 heavy (non-hydrogen) atoms. The van der Waals surface area contributed by atoms with Gasteiger partial charge in [-0.2, -0.15) is 12.1 Å². The summed E-state index contributed by atoms with van der Waals surface area (Å²) >= 11 is 0. The minimum absolute atomic E-state index is 0. The fourth-order valence-corrected chi connectivity index (χ4v) is 8.64. The van der Waals surface area contributed by atoms with E-state index in [9.17, 15) is 0 Å². The maximum Gasteiger partial charge on any atom is 2.00 e. The van der Waals surface area contributed by atoms with Gasteiger partial charge in [-0.1, -0.05) is 146 Å². The van der Waals surface area contributed by atoms with Gasteiger partial charge < -0.3 is 19.3 Å². The zero-order chi connectivity index (χ0) is 40.0. The van der Waals surface area contributed by atoms with Crippen LogP contribution in [0.3, 0.4) is 0 Å². The van der Waals surface area contributed by atoms with Crippen molar-refractivity contribution in [1.82, 2.24) is 9.55 Å². The Morgan fingerprint density at radius 2 is 1.22 bits per heavy atom. The van der Waals surface area contributed by atoms with Gasteiger partial charge in [0.15, 0.2) is 0 Å². The maximum absolute atomic E-state index is 4.97. The number of nitrogens with zero attached hydrogens (tertiary/aromatic N) is 5. The van der Waals surface area contributed by atoms with E-state index in [2.05, 4.69) is 229 Å². The summed E-state index contributed by atoms with van der Waals surface area (Å²) < 4.78 is 2.28. The van der Waals surface area contributed by atoms with E-state index in [1.807, 2.05) is 6.20 Å². The summed E-state index contributed by atoms with van der Waals surface area (Å²) in [6.45, 7) is 9.72. The molecule has 0 bridgehead atoms. The van der Waals surface area contributed by atoms with Crippen molar-refractivity contribution < 1.29 is 21.1 Å². The molecule has 2 aromatic heterocycles. The van der Waals surface area contributed by atoms with Crippen molar-refractivity contribution in [3.05, 3.63) is 194 Å². The van der Waals surface area contributed by atoms with Gasteiger partial charge in [0.05, 0.1) is 23.7 Å². The second kappa shape index (κ2) is 16.3. The zero-order valence-electron chi connectivity index (χ0n) is 34.2. The number of hydrogen-bond donors (Lipinski definition) is 0. The topological polar surface area (TPSA) is 27.5 Å². The molecule has 0 atom stereocenters. The van der Waals surface area contributed by atoms with Gasteiger partial charge >= 0.3 is 21.1 Å². The first-order valence-corrected chi connectivity index (χ1v) is 20.6. The molecule has 0 amide bonds. The number of para-hydroxylation sites is 4. The number of fused-ring (bicyclic) bond motifs is 4. The molecule has 1 aliphatic rings. The fourth-order valence-electron chi connectivity index (χ4n) is 8.64. The first-order chi connectivity index (χ1) is 28.9. The molecule has 9 aromatic rings. The van der Waals surface area contributed by atoms with E-state index in [4.69, 9.17) is 4.98 Å². The summed E-state index contributed by atoms with van der Waals surface area (Å²) in [6.07, 6.45) is 1.93. The Morgan fingerprint density at radius 1 is 0.583 bits per heavy atom. The van der Waals surface area contributed by atoms with E-state index >= 15 is 0 Å². The zero-order valence-corrected chi connectivity index (χ0v) is 36.4. The third kappa shape index (κ3) is 6.87. The van der Waals surface area contributed by atoms with Crippen LogP contribution in [0.1, 0.15) is 39.2 Å². The molecule has 10 rings (SSSR count). The average Bonchev–Trinajstić information content (AvgIpc) is 3.84. The van der Waals surface area contributed by atoms with Crippen molar-refractivity contribution in [3.63, 3.8) is 0 Å². The van der Waals surface area contributed by atoms with Gasteiger partial charge in [0.2, 0.25) is 0 Å². The Kier molecular flexibility index (Phi) is 10.6. The number of hydrogen-bond acceptors (Lipinski definition) is 4. The molecule has 296 valence electrons. The van der Waals surface area contributed by atoms with Crippen molar-refractivity contribution in [1.29, 1.82) is 0 Å². The second-order valence-electron chi connectivity index (χ2n) is 15.9. The van der Waals surface area contributed by atoms with Gasteiger partial charge in [0.25, 0.3) is 0 Å². The second-order valence-corrected chi connectivity index (χ2v) is 15.9. The summed E-state index contributed by atoms with van der Waals surface area (Å²) in [7, 11) is 0. The van der Waals surface area contributed by atoms with Crippen LogP contribution in [0.25, 0.3) is 49.9 Å². The van der Waals surface area contributed by atoms with Crippen LogP contribution >= 0.6 is 0 Å². The molecule has 3 heterocycles. The third-order valence-electron chi connectivity index (χ3n) is 11.6. The van der Waals surface area contributed by atoms with E-state index in [1.165, 1.54) is 22.3 Å². The van der Waals surface area contributed by atoms with Gasteiger partial charge in [-0.25, -0.2) is 4.98 Å². The molecule has 0 aliphatic carbocycles. The standard InChI is InChI=1S/C54H45N5.Pt/c1-37(2)41-31-32-55-53(33-41)59-49-26-12-11-23-47(49)48-30-29-44(35-52(48)59)58(43-22-15-21-42(34-43)57-36-56(38(3)4)50-27-13-14-28-51(50)57)54-45(39-17-7-5-8-18-39)24-16-25-46(54)40-19-9-6-10-20-40;/h5-33,37-38H,36H2,1-4H3;/q-2;+2. The maximum atomic E-state index is 4.97. The molecule has 0 saturated heterocycles. The Balaban J connectivity index is 0.00000462. The summed E-state index contributed by atoms with van der Waals surface area (Å²) in [5, 5.41) is 2.29. The number of benzene rings is 7. The van der Waals surface area contributed by atoms with Crippen LogP contribution < -0.4 is 14.7 Å². The minimum Gasteiger partial charge on any atom is -0.357 e. The predicted molar refractivity (Wildman–Crippen MR) is 247 cm³/mol. The van der Waals surface area contributed by atoms with Crippen LogP contribution in [-0.2, 0) is 21.1 Å². The van der Waals surface area contributed by atoms with Crippen LogP contribution in [0, 0.1) is 12.1 Å². The molecule has 0 N–H and O–H groups in total. The number of aromatic nitrogens is 2. The van der Waals surface area contributed by atoms with E-state index in [0.717, 1.165) is 73.9 Å². The summed E-state index contributed by atoms with van der Waals surface area (Å²) in [6, 6.07) is 69.1. The monoisotopic (exact) mass is 958 g/mol. The van der Waals surface area contributed by atoms with Crippen molar-refractivity contribution in [3.8, 4) is 28.1 Å². The van der Waals surface area contributed by atoms with Crippen LogP contribution in [-0.4, -0.2) is 22.3 Å². The molecule has 0 unspecified atom stereocenters. The van der Waals surface area contributed by atoms with Crippen LogP contribution in [0.15, 0.2) is 176 Å². The van der Waals surface area contributed by atoms with Crippen molar-refractivity contribution >= 4 is 55.9 Å². The summed E-state index contributed by atoms with van der Waals surface area (Å²) in [4.78, 5) is 12.2. The Labute approximate surface area is 367 Å². The molecule has 0 fully saturated rings. The molecule has 0 saturated carbocycles. The Morgan fingerprint density at radius 3 is 1.92 bits per heavy atom. The van der Waals surface area contributed by atoms with Gasteiger partial charge in [-0.3, -0.25) is 0 Å². The van der Waals surface area contributed by atoms with E-state index in [-0.39, 0.29) is 21.1 Å². The Bertz CT molecular complexity index is 2900. The normalized spacial score (nSPS) is 12.4. The quantitative estimate of drug-likeness (QED) is 0.135. The Hall–Kier alpha value is -6.42. The molecule has 0 radical (unpaired) electrons. The van der Waals surface area contributed by atoms with Crippen LogP contribution in [0.2, 0.25) is 0 Å². The van der Waals surface area contributed by atoms with Gasteiger partial charge in [0, 0.05) is 28.9 Å². The smallest absolute Gasteiger partial charge is 0.357 e. The van der Waals surface area contributed by atoms with Crippen molar-refractivity contribution in [2.75, 3.05) is 21.4 Å². The molecular weight excluding hydrogens is 914 g/mol. The van der Waals surface area contributed by atoms with Crippen LogP contribution in [0.4, 0.5) is 34.1 Å². The molecular formula is C54H45N5Pt. The van der Waals surface area contributed by atoms with Gasteiger partial charge in [-0.15, -0.1) is 35.7 Å². The van der Waals surface area contributed by atoms with E-state index < -0.39 is 0 Å². The van der Waals surface area contributed by atoms with Crippen molar-refractivity contribution in [2.45, 2.75) is 39.7 Å². The number of pyridine rings is 1. The fraction of sp³-hybridized carbons (Fsp3) is 0.130. The molecule has 5 nitrogen and oxygen atoms in total. The first-order valence-electron chi connectivity index (χ1n) is 20.6. The predicted octanol–water partition coefficient (Wildman–Crippen LogP) is 14.0. The SMILES string of the molecule is CC(C)c1ccnc(-n2c3[c-]c(N(c4[c-]c(N5CN(C(C)C)c6ccccc65)ccc4)c4c(-c5ccccc5)cccc4-c4ccccc4)ccc3c3ccccc32)c1.[Pt+2].